The molecule has 0 nitrogen and oxygen atoms in total. The maximum atomic E-state index is 12.9. The van der Waals surface area contributed by atoms with Crippen molar-refractivity contribution >= 4 is 11.8 Å². The Morgan fingerprint density at radius 3 is 2.18 bits per heavy atom. The van der Waals surface area contributed by atoms with Crippen LogP contribution in [0.1, 0.15) is 5.56 Å². The van der Waals surface area contributed by atoms with Gasteiger partial charge in [0.05, 0.1) is 0 Å². The first-order valence-electron chi connectivity index (χ1n) is 4.97. The van der Waals surface area contributed by atoms with Gasteiger partial charge >= 0.3 is 0 Å². The first-order valence-corrected chi connectivity index (χ1v) is 5.95. The molecule has 0 aromatic heterocycles. The summed E-state index contributed by atoms with van der Waals surface area (Å²) in [5, 5.41) is 0. The molecule has 0 saturated carbocycles. The molecule has 88 valence electrons. The molecule has 0 bridgehead atoms. The highest BCUT2D eigenvalue weighted by atomic mass is 32.2. The van der Waals surface area contributed by atoms with Crippen molar-refractivity contribution in [2.24, 2.45) is 0 Å². The van der Waals surface area contributed by atoms with Crippen LogP contribution in [0.4, 0.5) is 13.2 Å². The molecular formula is C13H9F3S. The Labute approximate surface area is 101 Å². The van der Waals surface area contributed by atoms with Gasteiger partial charge in [0.25, 0.3) is 0 Å². The van der Waals surface area contributed by atoms with E-state index in [9.17, 15) is 13.2 Å². The van der Waals surface area contributed by atoms with E-state index >= 15 is 0 Å². The molecule has 0 aliphatic heterocycles. The average molecular weight is 254 g/mol. The molecular weight excluding hydrogens is 245 g/mol. The summed E-state index contributed by atoms with van der Waals surface area (Å²) in [5.74, 6) is -1.05. The number of benzene rings is 2. The van der Waals surface area contributed by atoms with E-state index in [1.165, 1.54) is 36.0 Å². The summed E-state index contributed by atoms with van der Waals surface area (Å²) in [6.45, 7) is 0. The minimum atomic E-state index is -0.605. The van der Waals surface area contributed by atoms with Crippen molar-refractivity contribution < 1.29 is 13.2 Å². The van der Waals surface area contributed by atoms with E-state index < -0.39 is 11.6 Å². The zero-order valence-electron chi connectivity index (χ0n) is 8.79. The van der Waals surface area contributed by atoms with Crippen LogP contribution < -0.4 is 0 Å². The van der Waals surface area contributed by atoms with Crippen molar-refractivity contribution in [1.29, 1.82) is 0 Å². The normalized spacial score (nSPS) is 10.5. The molecule has 17 heavy (non-hydrogen) atoms. The van der Waals surface area contributed by atoms with Gasteiger partial charge in [0, 0.05) is 16.7 Å². The molecule has 2 aromatic carbocycles. The number of hydrogen-bond donors (Lipinski definition) is 0. The number of halogens is 3. The van der Waals surface area contributed by atoms with Crippen molar-refractivity contribution in [1.82, 2.24) is 0 Å². The second kappa shape index (κ2) is 5.27. The standard InChI is InChI=1S/C13H9F3S/c14-10-3-1-2-9(4-10)8-17-13-6-11(15)5-12(16)7-13/h1-7H,8H2. The fraction of sp³-hybridized carbons (Fsp3) is 0.0769. The Kier molecular flexibility index (Phi) is 3.74. The lowest BCUT2D eigenvalue weighted by atomic mass is 10.2. The summed E-state index contributed by atoms with van der Waals surface area (Å²) in [6.07, 6.45) is 0. The Bertz CT molecular complexity index is 506. The minimum absolute atomic E-state index is 0.312. The van der Waals surface area contributed by atoms with E-state index in [0.717, 1.165) is 11.6 Å². The highest BCUT2D eigenvalue weighted by Crippen LogP contribution is 2.24. The van der Waals surface area contributed by atoms with Gasteiger partial charge in [-0.05, 0) is 29.8 Å². The predicted octanol–water partition coefficient (Wildman–Crippen LogP) is 4.40. The van der Waals surface area contributed by atoms with Gasteiger partial charge in [0.2, 0.25) is 0 Å². The smallest absolute Gasteiger partial charge is 0.127 e. The molecule has 0 fully saturated rings. The summed E-state index contributed by atoms with van der Waals surface area (Å²) in [5.41, 5.74) is 0.777. The van der Waals surface area contributed by atoms with Gasteiger partial charge in [-0.2, -0.15) is 0 Å². The quantitative estimate of drug-likeness (QED) is 0.732. The van der Waals surface area contributed by atoms with Gasteiger partial charge in [-0.25, -0.2) is 13.2 Å². The van der Waals surface area contributed by atoms with Gasteiger partial charge in [0.1, 0.15) is 17.5 Å². The summed E-state index contributed by atoms with van der Waals surface area (Å²) in [4.78, 5) is 0.492. The number of thioether (sulfide) groups is 1. The van der Waals surface area contributed by atoms with Gasteiger partial charge in [-0.3, -0.25) is 0 Å². The monoisotopic (exact) mass is 254 g/mol. The fourth-order valence-electron chi connectivity index (χ4n) is 1.41. The van der Waals surface area contributed by atoms with E-state index in [2.05, 4.69) is 0 Å². The van der Waals surface area contributed by atoms with E-state index in [1.807, 2.05) is 0 Å². The predicted molar refractivity (Wildman–Crippen MR) is 62.3 cm³/mol. The first-order chi connectivity index (χ1) is 8.13. The molecule has 0 unspecified atom stereocenters. The van der Waals surface area contributed by atoms with Gasteiger partial charge in [0.15, 0.2) is 0 Å². The van der Waals surface area contributed by atoms with Crippen LogP contribution in [0, 0.1) is 17.5 Å². The van der Waals surface area contributed by atoms with Crippen LogP contribution in [-0.2, 0) is 5.75 Å². The number of hydrogen-bond acceptors (Lipinski definition) is 1. The zero-order chi connectivity index (χ0) is 12.3. The topological polar surface area (TPSA) is 0 Å². The lowest BCUT2D eigenvalue weighted by molar-refractivity contribution is 0.577. The lowest BCUT2D eigenvalue weighted by Crippen LogP contribution is -1.85. The molecule has 0 spiro atoms. The molecule has 4 heteroatoms. The van der Waals surface area contributed by atoms with Gasteiger partial charge < -0.3 is 0 Å². The third-order valence-corrected chi connectivity index (χ3v) is 3.18. The summed E-state index contributed by atoms with van der Waals surface area (Å²) < 4.78 is 38.7. The van der Waals surface area contributed by atoms with E-state index in [4.69, 9.17) is 0 Å². The van der Waals surface area contributed by atoms with Gasteiger partial charge in [-0.1, -0.05) is 12.1 Å². The number of rotatable bonds is 3. The Hall–Kier alpha value is -1.42. The molecule has 0 N–H and O–H groups in total. The van der Waals surface area contributed by atoms with Crippen molar-refractivity contribution in [2.75, 3.05) is 0 Å². The molecule has 0 aliphatic rings. The van der Waals surface area contributed by atoms with Crippen LogP contribution in [-0.4, -0.2) is 0 Å². The Morgan fingerprint density at radius 1 is 0.824 bits per heavy atom. The van der Waals surface area contributed by atoms with Gasteiger partial charge in [-0.15, -0.1) is 11.8 Å². The summed E-state index contributed by atoms with van der Waals surface area (Å²) in [7, 11) is 0. The highest BCUT2D eigenvalue weighted by Gasteiger charge is 2.02. The molecule has 0 amide bonds. The molecule has 0 aliphatic carbocycles. The van der Waals surface area contributed by atoms with Crippen molar-refractivity contribution in [3.05, 3.63) is 65.5 Å². The Morgan fingerprint density at radius 2 is 1.53 bits per heavy atom. The van der Waals surface area contributed by atoms with Crippen LogP contribution in [0.5, 0.6) is 0 Å². The summed E-state index contributed by atoms with van der Waals surface area (Å²) >= 11 is 1.26. The third-order valence-electron chi connectivity index (χ3n) is 2.13. The molecule has 0 heterocycles. The first kappa shape index (κ1) is 12.0. The second-order valence-electron chi connectivity index (χ2n) is 3.52. The molecule has 0 radical (unpaired) electrons. The zero-order valence-corrected chi connectivity index (χ0v) is 9.61. The molecule has 2 aromatic rings. The summed E-state index contributed by atoms with van der Waals surface area (Å²) in [6, 6.07) is 9.48. The highest BCUT2D eigenvalue weighted by molar-refractivity contribution is 7.98. The third kappa shape index (κ3) is 3.53. The Balaban J connectivity index is 2.07. The van der Waals surface area contributed by atoms with E-state index in [1.54, 1.807) is 12.1 Å². The van der Waals surface area contributed by atoms with Crippen molar-refractivity contribution in [3.8, 4) is 0 Å². The molecule has 0 atom stereocenters. The minimum Gasteiger partial charge on any atom is -0.207 e. The SMILES string of the molecule is Fc1cccc(CSc2cc(F)cc(F)c2)c1. The lowest BCUT2D eigenvalue weighted by Gasteiger charge is -2.03. The largest absolute Gasteiger partial charge is 0.207 e. The van der Waals surface area contributed by atoms with E-state index in [-0.39, 0.29) is 5.82 Å². The van der Waals surface area contributed by atoms with Crippen LogP contribution in [0.3, 0.4) is 0 Å². The maximum absolute atomic E-state index is 12.9. The molecule has 0 saturated heterocycles. The van der Waals surface area contributed by atoms with Crippen LogP contribution in [0.25, 0.3) is 0 Å². The van der Waals surface area contributed by atoms with Crippen LogP contribution in [0.2, 0.25) is 0 Å². The van der Waals surface area contributed by atoms with Crippen LogP contribution in [0.15, 0.2) is 47.4 Å². The maximum Gasteiger partial charge on any atom is 0.127 e. The van der Waals surface area contributed by atoms with Crippen molar-refractivity contribution in [2.45, 2.75) is 10.6 Å². The average Bonchev–Trinajstić information content (AvgIpc) is 2.25. The molecule has 2 rings (SSSR count). The van der Waals surface area contributed by atoms with Crippen LogP contribution >= 0.6 is 11.8 Å². The van der Waals surface area contributed by atoms with E-state index in [0.29, 0.717) is 10.6 Å². The fourth-order valence-corrected chi connectivity index (χ4v) is 2.31. The second-order valence-corrected chi connectivity index (χ2v) is 4.57. The van der Waals surface area contributed by atoms with Crippen molar-refractivity contribution in [3.63, 3.8) is 0 Å².